The number of aryl methyl sites for hydroxylation is 2. The Labute approximate surface area is 291 Å². The molecule has 50 heavy (non-hydrogen) atoms. The van der Waals surface area contributed by atoms with Crippen LogP contribution in [0.25, 0.3) is 31.5 Å². The number of nitrogens with one attached hydrogen (secondary N) is 4. The number of carbonyl (C=O) groups excluding carboxylic acids is 2. The first kappa shape index (κ1) is 32.4. The Bertz CT molecular complexity index is 2510. The van der Waals surface area contributed by atoms with Crippen LogP contribution >= 0.6 is 22.7 Å². The molecule has 2 amide bonds. The lowest BCUT2D eigenvalue weighted by Crippen LogP contribution is -2.15. The molecule has 0 aliphatic heterocycles. The van der Waals surface area contributed by atoms with Crippen LogP contribution in [0.3, 0.4) is 0 Å². The number of rotatable bonds is 7. The monoisotopic (exact) mass is 702 g/mol. The van der Waals surface area contributed by atoms with Crippen molar-refractivity contribution in [2.75, 3.05) is 16.0 Å². The summed E-state index contributed by atoms with van der Waals surface area (Å²) >= 11 is 3.21. The van der Waals surface area contributed by atoms with Crippen molar-refractivity contribution < 1.29 is 14.0 Å². The van der Waals surface area contributed by atoms with E-state index in [1.54, 1.807) is 65.5 Å². The molecule has 0 saturated heterocycles. The zero-order chi connectivity index (χ0) is 34.6. The first-order chi connectivity index (χ1) is 24.3. The second-order valence-electron chi connectivity index (χ2n) is 10.9. The summed E-state index contributed by atoms with van der Waals surface area (Å²) in [6, 6.07) is 19.5. The molecule has 6 heterocycles. The number of pyridine rings is 3. The third kappa shape index (κ3) is 7.13. The highest BCUT2D eigenvalue weighted by molar-refractivity contribution is 7.18. The van der Waals surface area contributed by atoms with E-state index >= 15 is 0 Å². The molecule has 2 aromatic carbocycles. The summed E-state index contributed by atoms with van der Waals surface area (Å²) in [5.41, 5.74) is 5.08. The number of anilines is 3. The number of amides is 2. The number of benzene rings is 2. The van der Waals surface area contributed by atoms with Gasteiger partial charge in [0.25, 0.3) is 11.8 Å². The van der Waals surface area contributed by atoms with E-state index in [1.807, 2.05) is 44.2 Å². The lowest BCUT2D eigenvalue weighted by atomic mass is 10.2. The number of nitrogens with zero attached hydrogens (tertiary/aromatic N) is 6. The predicted molar refractivity (Wildman–Crippen MR) is 194 cm³/mol. The minimum atomic E-state index is -0.782. The summed E-state index contributed by atoms with van der Waals surface area (Å²) < 4.78 is 15.6. The van der Waals surface area contributed by atoms with Crippen LogP contribution in [0.2, 0.25) is 0 Å². The van der Waals surface area contributed by atoms with Gasteiger partial charge in [0.15, 0.2) is 5.65 Å². The second-order valence-corrected chi connectivity index (χ2v) is 13.4. The Hall–Kier alpha value is -6.19. The molecule has 8 aromatic rings. The van der Waals surface area contributed by atoms with Gasteiger partial charge in [-0.15, -0.1) is 22.7 Å². The Balaban J connectivity index is 0.000000170. The predicted octanol–water partition coefficient (Wildman–Crippen LogP) is 7.53. The molecule has 0 unspecified atom stereocenters. The molecule has 0 radical (unpaired) electrons. The van der Waals surface area contributed by atoms with Gasteiger partial charge in [-0.3, -0.25) is 14.7 Å². The second kappa shape index (κ2) is 14.1. The first-order valence-electron chi connectivity index (χ1n) is 15.2. The molecule has 12 nitrogen and oxygen atoms in total. The maximum Gasteiger partial charge on any atom is 0.260 e. The smallest absolute Gasteiger partial charge is 0.260 e. The number of aromatic nitrogens is 7. The van der Waals surface area contributed by atoms with Crippen LogP contribution in [0.5, 0.6) is 0 Å². The molecular weight excluding hydrogens is 676 g/mol. The van der Waals surface area contributed by atoms with Gasteiger partial charge in [-0.2, -0.15) is 9.49 Å². The van der Waals surface area contributed by atoms with Crippen molar-refractivity contribution in [3.8, 4) is 0 Å². The van der Waals surface area contributed by atoms with E-state index < -0.39 is 11.9 Å². The van der Waals surface area contributed by atoms with Crippen molar-refractivity contribution in [1.82, 2.24) is 35.1 Å². The van der Waals surface area contributed by atoms with Gasteiger partial charge in [0.2, 0.25) is 5.95 Å². The Morgan fingerprint density at radius 1 is 0.760 bits per heavy atom. The van der Waals surface area contributed by atoms with Crippen molar-refractivity contribution in [2.45, 2.75) is 20.4 Å². The summed E-state index contributed by atoms with van der Waals surface area (Å²) in [5.74, 6) is -1.04. The van der Waals surface area contributed by atoms with Crippen LogP contribution in [-0.4, -0.2) is 46.9 Å². The number of thiazole rings is 2. The summed E-state index contributed by atoms with van der Waals surface area (Å²) in [6.45, 7) is 4.38. The van der Waals surface area contributed by atoms with E-state index in [9.17, 15) is 14.0 Å². The molecule has 0 bridgehead atoms. The van der Waals surface area contributed by atoms with Crippen molar-refractivity contribution in [3.63, 3.8) is 0 Å². The number of halogens is 1. The molecule has 248 valence electrons. The number of H-pyrrole nitrogens is 1. The highest BCUT2D eigenvalue weighted by Crippen LogP contribution is 2.26. The van der Waals surface area contributed by atoms with E-state index in [2.05, 4.69) is 51.1 Å². The quantitative estimate of drug-likeness (QED) is 0.123. The van der Waals surface area contributed by atoms with E-state index in [0.717, 1.165) is 47.0 Å². The van der Waals surface area contributed by atoms with Gasteiger partial charge >= 0.3 is 0 Å². The van der Waals surface area contributed by atoms with Crippen LogP contribution in [0.4, 0.5) is 21.6 Å². The third-order valence-corrected chi connectivity index (χ3v) is 9.36. The first-order valence-corrected chi connectivity index (χ1v) is 16.9. The average Bonchev–Trinajstić information content (AvgIpc) is 3.84. The zero-order valence-corrected chi connectivity index (χ0v) is 28.2. The van der Waals surface area contributed by atoms with Gasteiger partial charge in [-0.25, -0.2) is 24.9 Å². The van der Waals surface area contributed by atoms with Crippen LogP contribution in [0.1, 0.15) is 36.3 Å². The molecular formula is C35H27FN10O2S2. The summed E-state index contributed by atoms with van der Waals surface area (Å²) in [7, 11) is 0. The van der Waals surface area contributed by atoms with Gasteiger partial charge < -0.3 is 16.0 Å². The van der Waals surface area contributed by atoms with E-state index in [0.29, 0.717) is 29.3 Å². The Kier molecular flexibility index (Phi) is 9.14. The molecule has 15 heteroatoms. The number of fused-ring (bicyclic) bond motifs is 3. The molecule has 0 fully saturated rings. The fraction of sp³-hybridized carbons (Fsp3) is 0.0857. The van der Waals surface area contributed by atoms with Crippen LogP contribution < -0.4 is 16.0 Å². The highest BCUT2D eigenvalue weighted by atomic mass is 32.1. The number of aromatic amines is 1. The van der Waals surface area contributed by atoms with Crippen LogP contribution in [0, 0.1) is 19.8 Å². The standard InChI is InChI=1S/C21H17N7OS.C14H10FN3OS/c1-12-26-17-9-14(4-5-18(17)30-12)27-21(29)15-3-2-7-22-19(15)24-10-13-6-8-23-20-16(13)11-25-28-20;1-8-17-11-7-9(4-5-12(11)20-8)18-14(19)10-3-2-6-16-13(10)15/h2-9,11H,10H2,1H3,(H,22,24)(H,27,29)(H,23,25,28);2-7H,1H3,(H,18,19). The Morgan fingerprint density at radius 3 is 2.04 bits per heavy atom. The molecule has 0 aliphatic carbocycles. The minimum absolute atomic E-state index is 0.0814. The van der Waals surface area contributed by atoms with Crippen molar-refractivity contribution in [3.05, 3.63) is 124 Å². The molecule has 0 saturated carbocycles. The van der Waals surface area contributed by atoms with Gasteiger partial charge in [-0.05, 0) is 86.1 Å². The van der Waals surface area contributed by atoms with Crippen molar-refractivity contribution >= 4 is 83.1 Å². The van der Waals surface area contributed by atoms with E-state index in [1.165, 1.54) is 18.3 Å². The van der Waals surface area contributed by atoms with Gasteiger partial charge in [0, 0.05) is 41.9 Å². The molecule has 0 aliphatic rings. The number of hydrogen-bond acceptors (Lipinski definition) is 11. The normalized spacial score (nSPS) is 10.9. The average molecular weight is 703 g/mol. The molecule has 4 N–H and O–H groups in total. The van der Waals surface area contributed by atoms with Crippen molar-refractivity contribution in [2.24, 2.45) is 0 Å². The van der Waals surface area contributed by atoms with Crippen LogP contribution in [-0.2, 0) is 6.54 Å². The topological polar surface area (TPSA) is 163 Å². The fourth-order valence-corrected chi connectivity index (χ4v) is 6.77. The van der Waals surface area contributed by atoms with Gasteiger partial charge in [0.1, 0.15) is 5.82 Å². The largest absolute Gasteiger partial charge is 0.365 e. The maximum atomic E-state index is 13.4. The zero-order valence-electron chi connectivity index (χ0n) is 26.6. The summed E-state index contributed by atoms with van der Waals surface area (Å²) in [5, 5.41) is 18.6. The van der Waals surface area contributed by atoms with E-state index in [-0.39, 0.29) is 11.5 Å². The van der Waals surface area contributed by atoms with Gasteiger partial charge in [0.05, 0.1) is 47.8 Å². The highest BCUT2D eigenvalue weighted by Gasteiger charge is 2.15. The molecule has 0 atom stereocenters. The summed E-state index contributed by atoms with van der Waals surface area (Å²) in [4.78, 5) is 45.8. The van der Waals surface area contributed by atoms with Crippen molar-refractivity contribution in [1.29, 1.82) is 0 Å². The Morgan fingerprint density at radius 2 is 1.38 bits per heavy atom. The summed E-state index contributed by atoms with van der Waals surface area (Å²) in [6.07, 6.45) is 6.42. The van der Waals surface area contributed by atoms with Crippen LogP contribution in [0.15, 0.2) is 91.5 Å². The third-order valence-electron chi connectivity index (χ3n) is 7.45. The van der Waals surface area contributed by atoms with E-state index in [4.69, 9.17) is 0 Å². The fourth-order valence-electron chi connectivity index (χ4n) is 5.16. The van der Waals surface area contributed by atoms with Gasteiger partial charge in [-0.1, -0.05) is 0 Å². The number of carbonyl (C=O) groups is 2. The molecule has 6 aromatic heterocycles. The minimum Gasteiger partial charge on any atom is -0.365 e. The lowest BCUT2D eigenvalue weighted by Gasteiger charge is -2.11. The lowest BCUT2D eigenvalue weighted by molar-refractivity contribution is 0.101. The molecule has 0 spiro atoms. The SMILES string of the molecule is Cc1nc2cc(NC(=O)c3cccnc3F)ccc2s1.Cc1nc2cc(NC(=O)c3cccnc3NCc3ccnc4[nH]ncc34)ccc2s1. The molecule has 8 rings (SSSR count). The number of hydrogen-bond donors (Lipinski definition) is 4. The maximum absolute atomic E-state index is 13.4.